The summed E-state index contributed by atoms with van der Waals surface area (Å²) in [5.41, 5.74) is 6.89. The van der Waals surface area contributed by atoms with Crippen LogP contribution in [0.1, 0.15) is 69.5 Å². The fourth-order valence-corrected chi connectivity index (χ4v) is 8.88. The first-order valence-electron chi connectivity index (χ1n) is 15.9. The van der Waals surface area contributed by atoms with Crippen molar-refractivity contribution in [1.82, 2.24) is 20.9 Å². The van der Waals surface area contributed by atoms with Gasteiger partial charge in [0.05, 0.1) is 12.1 Å². The SMILES string of the molecule is CC1=C([C@H]2CS2)C(=O)N[C@@H]1Cc1[nH]c(/C=C2\N[C@@]3(O[C@H]3C3NC(=O)[C@H](C)[C@H]3[C@H](C)S)C(C)=C2CCC(=O)O)c(CCC(=O)O)c1C. The summed E-state index contributed by atoms with van der Waals surface area (Å²) in [6.45, 7) is 9.79. The zero-order chi connectivity index (χ0) is 33.2. The van der Waals surface area contributed by atoms with E-state index in [1.807, 2.05) is 40.7 Å². The Kier molecular flexibility index (Phi) is 8.64. The molecule has 0 bridgehead atoms. The van der Waals surface area contributed by atoms with Crippen LogP contribution < -0.4 is 16.0 Å². The summed E-state index contributed by atoms with van der Waals surface area (Å²) < 4.78 is 6.39. The highest BCUT2D eigenvalue weighted by atomic mass is 32.2. The van der Waals surface area contributed by atoms with Crippen LogP contribution in [0.4, 0.5) is 0 Å². The summed E-state index contributed by atoms with van der Waals surface area (Å²) in [6.07, 6.45) is 2.56. The van der Waals surface area contributed by atoms with Crippen LogP contribution in [0, 0.1) is 18.8 Å². The molecule has 6 heterocycles. The predicted octanol–water partition coefficient (Wildman–Crippen LogP) is 3.10. The van der Waals surface area contributed by atoms with Crippen LogP contribution >= 0.6 is 24.4 Å². The van der Waals surface area contributed by atoms with Gasteiger partial charge in [-0.1, -0.05) is 13.8 Å². The molecule has 5 aliphatic rings. The number of ether oxygens (including phenoxy) is 1. The number of carboxylic acid groups (broad SMARTS) is 2. The highest BCUT2D eigenvalue weighted by molar-refractivity contribution is 8.07. The van der Waals surface area contributed by atoms with Crippen LogP contribution in [0.15, 0.2) is 28.0 Å². The van der Waals surface area contributed by atoms with Crippen molar-refractivity contribution in [3.05, 3.63) is 50.5 Å². The summed E-state index contributed by atoms with van der Waals surface area (Å²) in [4.78, 5) is 52.2. The number of aromatic nitrogens is 1. The maximum atomic E-state index is 12.7. The van der Waals surface area contributed by atoms with Crippen molar-refractivity contribution in [2.24, 2.45) is 11.8 Å². The average molecular weight is 671 g/mol. The van der Waals surface area contributed by atoms with Crippen molar-refractivity contribution in [3.8, 4) is 0 Å². The molecule has 6 rings (SSSR count). The molecule has 13 heteroatoms. The van der Waals surface area contributed by atoms with E-state index in [1.165, 1.54) is 0 Å². The van der Waals surface area contributed by atoms with E-state index in [9.17, 15) is 29.4 Å². The quantitative estimate of drug-likeness (QED) is 0.130. The second kappa shape index (κ2) is 12.1. The van der Waals surface area contributed by atoms with E-state index in [1.54, 1.807) is 11.8 Å². The number of thioether (sulfide) groups is 1. The summed E-state index contributed by atoms with van der Waals surface area (Å²) in [5, 5.41) is 29.1. The third kappa shape index (κ3) is 5.79. The Bertz CT molecular complexity index is 1610. The molecular formula is C33H42N4O7S2. The minimum absolute atomic E-state index is 0.0133. The molecule has 11 nitrogen and oxygen atoms in total. The summed E-state index contributed by atoms with van der Waals surface area (Å²) in [7, 11) is 0. The van der Waals surface area contributed by atoms with Gasteiger partial charge in [-0.15, -0.1) is 0 Å². The lowest BCUT2D eigenvalue weighted by Crippen LogP contribution is -2.43. The maximum Gasteiger partial charge on any atom is 0.303 e. The Hall–Kier alpha value is -3.16. The molecule has 0 aromatic carbocycles. The van der Waals surface area contributed by atoms with E-state index >= 15 is 0 Å². The highest BCUT2D eigenvalue weighted by Gasteiger charge is 2.68. The van der Waals surface area contributed by atoms with Crippen molar-refractivity contribution in [2.45, 2.75) is 101 Å². The van der Waals surface area contributed by atoms with Gasteiger partial charge >= 0.3 is 11.9 Å². The van der Waals surface area contributed by atoms with Gasteiger partial charge < -0.3 is 35.9 Å². The second-order valence-corrected chi connectivity index (χ2v) is 15.3. The van der Waals surface area contributed by atoms with Crippen molar-refractivity contribution >= 4 is 54.2 Å². The molecule has 3 fully saturated rings. The molecule has 1 spiro atoms. The van der Waals surface area contributed by atoms with Gasteiger partial charge in [0, 0.05) is 70.0 Å². The number of epoxide rings is 1. The summed E-state index contributed by atoms with van der Waals surface area (Å²) in [5.74, 6) is -1.17. The van der Waals surface area contributed by atoms with Crippen LogP contribution in [0.5, 0.6) is 0 Å². The number of allylic oxidation sites excluding steroid dienone is 1. The number of aliphatic carboxylic acids is 2. The lowest BCUT2D eigenvalue weighted by Gasteiger charge is -2.24. The smallest absolute Gasteiger partial charge is 0.303 e. The van der Waals surface area contributed by atoms with Crippen molar-refractivity contribution in [2.75, 3.05) is 5.75 Å². The van der Waals surface area contributed by atoms with Crippen molar-refractivity contribution in [3.63, 3.8) is 0 Å². The van der Waals surface area contributed by atoms with E-state index in [0.717, 1.165) is 50.6 Å². The molecule has 1 aromatic rings. The minimum Gasteiger partial charge on any atom is -0.481 e. The Balaban J connectivity index is 1.34. The number of carbonyl (C=O) groups is 4. The van der Waals surface area contributed by atoms with E-state index in [4.69, 9.17) is 4.74 Å². The Labute approximate surface area is 277 Å². The van der Waals surface area contributed by atoms with Gasteiger partial charge in [-0.3, -0.25) is 19.2 Å². The van der Waals surface area contributed by atoms with E-state index < -0.39 is 17.7 Å². The number of carbonyl (C=O) groups excluding carboxylic acids is 2. The molecule has 248 valence electrons. The number of hydrogen-bond donors (Lipinski definition) is 7. The first kappa shape index (κ1) is 32.8. The highest BCUT2D eigenvalue weighted by Crippen LogP contribution is 2.53. The minimum atomic E-state index is -0.916. The van der Waals surface area contributed by atoms with Gasteiger partial charge in [-0.05, 0) is 67.5 Å². The topological polar surface area (TPSA) is 173 Å². The Morgan fingerprint density at radius 1 is 1.13 bits per heavy atom. The largest absolute Gasteiger partial charge is 0.481 e. The molecule has 46 heavy (non-hydrogen) atoms. The first-order valence-corrected chi connectivity index (χ1v) is 17.4. The number of thiol groups is 1. The summed E-state index contributed by atoms with van der Waals surface area (Å²) >= 11 is 6.45. The third-order valence-electron chi connectivity index (χ3n) is 10.5. The standard InChI is InChI=1S/C33H42N4O7S2/c1-13-18(6-8-25(38)39)22(34-20(13)10-21-14(2)28(24-12-46-24)32(43)35-21)11-23-19(7-9-26(40)41)16(4)33(37-23)30(44-33)29-27(17(5)45)15(3)31(42)36-29/h11,15,17,21,24,27,29-30,34,37,45H,6-10,12H2,1-5H3,(H,35,43)(H,36,42)(H,38,39)(H,40,41)/b23-11-/t15-,17+,21-,24-,27+,29?,30+,33-/m1/s1. The molecular weight excluding hydrogens is 629 g/mol. The predicted molar refractivity (Wildman–Crippen MR) is 177 cm³/mol. The molecule has 0 aliphatic carbocycles. The number of carboxylic acids is 2. The molecule has 2 amide bonds. The number of rotatable bonds is 12. The number of aromatic amines is 1. The van der Waals surface area contributed by atoms with E-state index in [2.05, 4.69) is 33.6 Å². The molecule has 5 aliphatic heterocycles. The normalized spacial score (nSPS) is 33.1. The van der Waals surface area contributed by atoms with Crippen LogP contribution in [-0.2, 0) is 36.8 Å². The number of nitrogens with one attached hydrogen (secondary N) is 4. The van der Waals surface area contributed by atoms with E-state index in [0.29, 0.717) is 18.5 Å². The molecule has 6 N–H and O–H groups in total. The zero-order valence-corrected chi connectivity index (χ0v) is 28.4. The molecule has 1 unspecified atom stereocenters. The number of amides is 2. The van der Waals surface area contributed by atoms with Crippen molar-refractivity contribution in [1.29, 1.82) is 0 Å². The van der Waals surface area contributed by atoms with Crippen LogP contribution in [-0.4, -0.2) is 79.1 Å². The van der Waals surface area contributed by atoms with Gasteiger partial charge in [-0.25, -0.2) is 0 Å². The first-order chi connectivity index (χ1) is 21.7. The van der Waals surface area contributed by atoms with Gasteiger partial charge in [0.2, 0.25) is 11.8 Å². The van der Waals surface area contributed by atoms with Crippen LogP contribution in [0.2, 0.25) is 0 Å². The Morgan fingerprint density at radius 2 is 1.80 bits per heavy atom. The average Bonchev–Trinajstić information content (AvgIpc) is 3.84. The van der Waals surface area contributed by atoms with Crippen LogP contribution in [0.25, 0.3) is 6.08 Å². The van der Waals surface area contributed by atoms with Gasteiger partial charge in [0.25, 0.3) is 0 Å². The third-order valence-corrected chi connectivity index (χ3v) is 11.7. The van der Waals surface area contributed by atoms with E-state index in [-0.39, 0.29) is 71.6 Å². The lowest BCUT2D eigenvalue weighted by molar-refractivity contribution is -0.138. The molecule has 0 saturated carbocycles. The summed E-state index contributed by atoms with van der Waals surface area (Å²) in [6, 6.07) is -0.415. The van der Waals surface area contributed by atoms with Crippen molar-refractivity contribution < 1.29 is 34.1 Å². The molecule has 1 aromatic heterocycles. The number of hydrogen-bond acceptors (Lipinski definition) is 8. The molecule has 8 atom stereocenters. The van der Waals surface area contributed by atoms with Gasteiger partial charge in [0.15, 0.2) is 5.72 Å². The molecule has 3 saturated heterocycles. The monoisotopic (exact) mass is 670 g/mol. The lowest BCUT2D eigenvalue weighted by atomic mass is 9.85. The van der Waals surface area contributed by atoms with Gasteiger partial charge in [0.1, 0.15) is 6.10 Å². The zero-order valence-electron chi connectivity index (χ0n) is 26.7. The van der Waals surface area contributed by atoms with Gasteiger partial charge in [-0.2, -0.15) is 24.4 Å². The van der Waals surface area contributed by atoms with Crippen LogP contribution in [0.3, 0.4) is 0 Å². The fourth-order valence-electron chi connectivity index (χ4n) is 7.72. The Morgan fingerprint density at radius 3 is 2.43 bits per heavy atom. The molecule has 0 radical (unpaired) electrons. The second-order valence-electron chi connectivity index (χ2n) is 13.3. The fraction of sp³-hybridized carbons (Fsp3) is 0.576. The maximum absolute atomic E-state index is 12.7. The number of H-pyrrole nitrogens is 1.